The molecule has 4 rings (SSSR count). The number of rotatable bonds is 4. The van der Waals surface area contributed by atoms with E-state index in [-0.39, 0.29) is 64.3 Å². The first-order valence-electron chi connectivity index (χ1n) is 9.45. The van der Waals surface area contributed by atoms with E-state index in [2.05, 4.69) is 0 Å². The van der Waals surface area contributed by atoms with E-state index in [0.29, 0.717) is 0 Å². The first-order valence-corrected chi connectivity index (χ1v) is 9.45. The van der Waals surface area contributed by atoms with Crippen LogP contribution in [0.25, 0.3) is 22.3 Å². The van der Waals surface area contributed by atoms with Crippen LogP contribution in [-0.2, 0) is 4.74 Å². The Hall–Kier alpha value is -3.22. The van der Waals surface area contributed by atoms with Crippen molar-refractivity contribution in [3.8, 4) is 45.8 Å². The van der Waals surface area contributed by atoms with Crippen LogP contribution in [0.15, 0.2) is 34.7 Å². The maximum Gasteiger partial charge on any atom is 0.402 e. The van der Waals surface area contributed by atoms with Crippen molar-refractivity contribution < 1.29 is 66.8 Å². The molecular weight excluding hydrogens is 464 g/mol. The van der Waals surface area contributed by atoms with Crippen LogP contribution in [-0.4, -0.2) is 74.1 Å². The highest BCUT2D eigenvalue weighted by atomic mass is 35.5. The Morgan fingerprint density at radius 1 is 0.909 bits per heavy atom. The number of ether oxygens (including phenoxy) is 3. The number of benzene rings is 2. The molecule has 0 saturated carbocycles. The first kappa shape index (κ1) is 24.4. The standard InChI is InChI=1S/C21H20O11.ClH/c1-29-15-3-8(2-12(24)17(15)26)20-16(32-21-19(28)18(27)13(25)7-30-21)6-10-11(23)4-9(22)5-14(10)31-20;/h2-6,13,18-19,21,25,27-28H,7H2,1H3,(H3-,22,23,24,26);1H/t13-,18-,19+,21+;/m1./s1. The Morgan fingerprint density at radius 3 is 2.33 bits per heavy atom. The SMILES string of the molecule is COc1cc(-c2[o+]c3cc(O)cc(O)c3cc2O[C@@H]2OC[C@@H](O)[C@@H](O)[C@@H]2O)cc(O)c1O.[Cl-]. The molecule has 1 aliphatic heterocycles. The highest BCUT2D eigenvalue weighted by Crippen LogP contribution is 2.45. The van der Waals surface area contributed by atoms with Crippen LogP contribution in [0.3, 0.4) is 0 Å². The van der Waals surface area contributed by atoms with Crippen molar-refractivity contribution in [1.82, 2.24) is 0 Å². The van der Waals surface area contributed by atoms with Gasteiger partial charge >= 0.3 is 11.3 Å². The summed E-state index contributed by atoms with van der Waals surface area (Å²) in [5, 5.41) is 70.0. The molecule has 11 nitrogen and oxygen atoms in total. The van der Waals surface area contributed by atoms with E-state index >= 15 is 0 Å². The molecule has 178 valence electrons. The topological polar surface area (TPSA) is 181 Å². The number of hydrogen-bond donors (Lipinski definition) is 7. The van der Waals surface area contributed by atoms with E-state index in [1.807, 2.05) is 0 Å². The molecule has 2 aromatic carbocycles. The molecular formula is C21H21ClO11. The molecule has 0 spiro atoms. The minimum atomic E-state index is -1.61. The molecule has 3 aromatic rings. The molecule has 0 amide bonds. The van der Waals surface area contributed by atoms with Crippen LogP contribution in [0, 0.1) is 0 Å². The second kappa shape index (κ2) is 9.33. The summed E-state index contributed by atoms with van der Waals surface area (Å²) in [6.07, 6.45) is -5.86. The fraction of sp³-hybridized carbons (Fsp3) is 0.286. The Labute approximate surface area is 192 Å². The fourth-order valence-electron chi connectivity index (χ4n) is 3.36. The Morgan fingerprint density at radius 2 is 1.64 bits per heavy atom. The normalized spacial score (nSPS) is 22.5. The van der Waals surface area contributed by atoms with E-state index in [1.165, 1.54) is 25.3 Å². The smallest absolute Gasteiger partial charge is 0.402 e. The second-order valence-corrected chi connectivity index (χ2v) is 7.23. The molecule has 1 aromatic heterocycles. The van der Waals surface area contributed by atoms with Gasteiger partial charge in [0.2, 0.25) is 17.8 Å². The van der Waals surface area contributed by atoms with E-state index in [4.69, 9.17) is 18.6 Å². The summed E-state index contributed by atoms with van der Waals surface area (Å²) in [5.41, 5.74) is 0.222. The van der Waals surface area contributed by atoms with Crippen molar-refractivity contribution in [3.63, 3.8) is 0 Å². The largest absolute Gasteiger partial charge is 1.00 e. The lowest BCUT2D eigenvalue weighted by Crippen LogP contribution is -3.00. The molecule has 1 saturated heterocycles. The zero-order valence-corrected chi connectivity index (χ0v) is 17.8. The number of hydrogen-bond acceptors (Lipinski definition) is 10. The van der Waals surface area contributed by atoms with Gasteiger partial charge in [0.25, 0.3) is 0 Å². The van der Waals surface area contributed by atoms with Gasteiger partial charge in [0, 0.05) is 24.3 Å². The molecule has 33 heavy (non-hydrogen) atoms. The van der Waals surface area contributed by atoms with Gasteiger partial charge in [0.15, 0.2) is 11.5 Å². The lowest BCUT2D eigenvalue weighted by molar-refractivity contribution is -0.242. The Bertz CT molecular complexity index is 1170. The van der Waals surface area contributed by atoms with Gasteiger partial charge in [-0.25, -0.2) is 4.42 Å². The second-order valence-electron chi connectivity index (χ2n) is 7.23. The minimum absolute atomic E-state index is 0. The predicted octanol–water partition coefficient (Wildman–Crippen LogP) is -1.97. The molecule has 0 aliphatic carbocycles. The third-order valence-electron chi connectivity index (χ3n) is 5.05. The molecule has 4 atom stereocenters. The summed E-state index contributed by atoms with van der Waals surface area (Å²) in [5.74, 6) is -1.83. The van der Waals surface area contributed by atoms with E-state index in [9.17, 15) is 35.7 Å². The number of halogens is 1. The van der Waals surface area contributed by atoms with Gasteiger partial charge in [-0.3, -0.25) is 0 Å². The van der Waals surface area contributed by atoms with Crippen LogP contribution in [0.5, 0.6) is 34.5 Å². The summed E-state index contributed by atoms with van der Waals surface area (Å²) in [6, 6.07) is 6.17. The van der Waals surface area contributed by atoms with Crippen LogP contribution >= 0.6 is 0 Å². The molecule has 1 fully saturated rings. The van der Waals surface area contributed by atoms with Gasteiger partial charge in [0.05, 0.1) is 25.3 Å². The summed E-state index contributed by atoms with van der Waals surface area (Å²) < 4.78 is 21.9. The minimum Gasteiger partial charge on any atom is -1.00 e. The van der Waals surface area contributed by atoms with Crippen molar-refractivity contribution in [1.29, 1.82) is 0 Å². The predicted molar refractivity (Wildman–Crippen MR) is 108 cm³/mol. The van der Waals surface area contributed by atoms with Crippen LogP contribution in [0.4, 0.5) is 0 Å². The summed E-state index contributed by atoms with van der Waals surface area (Å²) in [4.78, 5) is 0. The molecule has 0 unspecified atom stereocenters. The van der Waals surface area contributed by atoms with Gasteiger partial charge in [-0.1, -0.05) is 0 Å². The zero-order valence-electron chi connectivity index (χ0n) is 17.0. The number of methoxy groups -OCH3 is 1. The first-order chi connectivity index (χ1) is 15.2. The zero-order chi connectivity index (χ0) is 23.2. The van der Waals surface area contributed by atoms with Crippen LogP contribution < -0.4 is 21.9 Å². The quantitative estimate of drug-likeness (QED) is 0.161. The molecule has 12 heteroatoms. The maximum atomic E-state index is 10.2. The highest BCUT2D eigenvalue weighted by molar-refractivity contribution is 5.88. The number of phenolic OH excluding ortho intramolecular Hbond substituents is 4. The number of aliphatic hydroxyl groups excluding tert-OH is 3. The number of fused-ring (bicyclic) bond motifs is 1. The van der Waals surface area contributed by atoms with Gasteiger partial charge in [-0.2, -0.15) is 0 Å². The number of phenols is 4. The molecule has 7 N–H and O–H groups in total. The lowest BCUT2D eigenvalue weighted by atomic mass is 10.1. The third-order valence-corrected chi connectivity index (χ3v) is 5.05. The van der Waals surface area contributed by atoms with E-state index in [1.54, 1.807) is 0 Å². The Balaban J connectivity index is 0.00000306. The van der Waals surface area contributed by atoms with Gasteiger partial charge in [0.1, 0.15) is 35.2 Å². The van der Waals surface area contributed by atoms with E-state index < -0.39 is 36.1 Å². The van der Waals surface area contributed by atoms with Crippen LogP contribution in [0.1, 0.15) is 0 Å². The van der Waals surface area contributed by atoms with Crippen molar-refractivity contribution in [2.45, 2.75) is 24.6 Å². The molecule has 0 radical (unpaired) electrons. The average Bonchev–Trinajstić information content (AvgIpc) is 2.75. The lowest BCUT2D eigenvalue weighted by Gasteiger charge is -2.34. The molecule has 0 bridgehead atoms. The van der Waals surface area contributed by atoms with Gasteiger partial charge in [-0.05, 0) is 0 Å². The summed E-state index contributed by atoms with van der Waals surface area (Å²) in [7, 11) is 1.28. The molecule has 2 heterocycles. The van der Waals surface area contributed by atoms with Crippen molar-refractivity contribution in [2.24, 2.45) is 0 Å². The number of aliphatic hydroxyl groups is 3. The monoisotopic (exact) mass is 484 g/mol. The van der Waals surface area contributed by atoms with Crippen LogP contribution in [0.2, 0.25) is 0 Å². The summed E-state index contributed by atoms with van der Waals surface area (Å²) >= 11 is 0. The van der Waals surface area contributed by atoms with Gasteiger partial charge in [-0.15, -0.1) is 0 Å². The van der Waals surface area contributed by atoms with Crippen molar-refractivity contribution in [2.75, 3.05) is 13.7 Å². The Kier molecular flexibility index (Phi) is 6.91. The average molecular weight is 485 g/mol. The maximum absolute atomic E-state index is 10.2. The van der Waals surface area contributed by atoms with Crippen molar-refractivity contribution in [3.05, 3.63) is 30.3 Å². The van der Waals surface area contributed by atoms with Gasteiger partial charge < -0.3 is 62.4 Å². The summed E-state index contributed by atoms with van der Waals surface area (Å²) in [6.45, 7) is -0.310. The van der Waals surface area contributed by atoms with Crippen molar-refractivity contribution >= 4 is 11.0 Å². The number of aromatic hydroxyl groups is 4. The fourth-order valence-corrected chi connectivity index (χ4v) is 3.36. The highest BCUT2D eigenvalue weighted by Gasteiger charge is 2.40. The molecule has 1 aliphatic rings. The van der Waals surface area contributed by atoms with E-state index in [0.717, 1.165) is 12.1 Å². The third kappa shape index (κ3) is 4.49.